The number of carbonyl (C=O) groups is 2. The lowest BCUT2D eigenvalue weighted by molar-refractivity contribution is -0.133. The molecule has 1 aromatic heterocycles. The smallest absolute Gasteiger partial charge is 0.266 e. The average Bonchev–Trinajstić information content (AvgIpc) is 2.71. The number of amides is 2. The summed E-state index contributed by atoms with van der Waals surface area (Å²) in [6.45, 7) is 1.83. The number of benzene rings is 1. The van der Waals surface area contributed by atoms with E-state index in [2.05, 4.69) is 22.4 Å². The molecule has 7 nitrogen and oxygen atoms in total. The molecular weight excluding hydrogens is 332 g/mol. The molecular formula is C19H20N4O3. The van der Waals surface area contributed by atoms with Gasteiger partial charge in [-0.3, -0.25) is 14.5 Å². The van der Waals surface area contributed by atoms with Crippen LogP contribution in [0.15, 0.2) is 48.7 Å². The van der Waals surface area contributed by atoms with E-state index >= 15 is 0 Å². The van der Waals surface area contributed by atoms with Crippen LogP contribution in [-0.2, 0) is 9.59 Å². The van der Waals surface area contributed by atoms with E-state index in [9.17, 15) is 9.59 Å². The van der Waals surface area contributed by atoms with Gasteiger partial charge in [0.15, 0.2) is 18.2 Å². The molecule has 0 saturated carbocycles. The fourth-order valence-corrected chi connectivity index (χ4v) is 3.32. The number of pyridine rings is 1. The normalized spacial score (nSPS) is 19.7. The number of piperazine rings is 1. The molecule has 0 unspecified atom stereocenters. The van der Waals surface area contributed by atoms with E-state index in [1.807, 2.05) is 18.2 Å². The molecule has 0 spiro atoms. The maximum Gasteiger partial charge on any atom is 0.266 e. The maximum atomic E-state index is 12.8. The quantitative estimate of drug-likeness (QED) is 0.891. The summed E-state index contributed by atoms with van der Waals surface area (Å²) in [5.41, 5.74) is 1.15. The van der Waals surface area contributed by atoms with Gasteiger partial charge in [-0.1, -0.05) is 30.3 Å². The monoisotopic (exact) mass is 352 g/mol. The number of rotatable bonds is 3. The van der Waals surface area contributed by atoms with Gasteiger partial charge in [-0.15, -0.1) is 0 Å². The summed E-state index contributed by atoms with van der Waals surface area (Å²) in [4.78, 5) is 32.5. The molecule has 0 radical (unpaired) electrons. The summed E-state index contributed by atoms with van der Waals surface area (Å²) in [7, 11) is 0. The lowest BCUT2D eigenvalue weighted by Gasteiger charge is -2.36. The Morgan fingerprint density at radius 2 is 2.08 bits per heavy atom. The third kappa shape index (κ3) is 3.25. The molecule has 1 fully saturated rings. The number of hydrogen-bond donors (Lipinski definition) is 1. The van der Waals surface area contributed by atoms with Crippen molar-refractivity contribution in [1.29, 1.82) is 0 Å². The summed E-state index contributed by atoms with van der Waals surface area (Å²) >= 11 is 0. The highest BCUT2D eigenvalue weighted by Gasteiger charge is 2.31. The van der Waals surface area contributed by atoms with Gasteiger partial charge in [0.05, 0.1) is 0 Å². The van der Waals surface area contributed by atoms with Gasteiger partial charge in [0.25, 0.3) is 5.91 Å². The van der Waals surface area contributed by atoms with Crippen molar-refractivity contribution in [3.63, 3.8) is 0 Å². The minimum Gasteiger partial charge on any atom is -0.480 e. The van der Waals surface area contributed by atoms with Gasteiger partial charge in [-0.25, -0.2) is 4.98 Å². The Hall–Kier alpha value is -2.93. The Labute approximate surface area is 151 Å². The van der Waals surface area contributed by atoms with Gasteiger partial charge in [0.1, 0.15) is 6.54 Å². The second-order valence-corrected chi connectivity index (χ2v) is 6.35. The average molecular weight is 352 g/mol. The Kier molecular flexibility index (Phi) is 4.53. The highest BCUT2D eigenvalue weighted by Crippen LogP contribution is 2.29. The number of nitrogens with one attached hydrogen (secondary N) is 1. The van der Waals surface area contributed by atoms with E-state index in [1.165, 1.54) is 4.90 Å². The van der Waals surface area contributed by atoms with Gasteiger partial charge in [0, 0.05) is 31.9 Å². The van der Waals surface area contributed by atoms with Crippen molar-refractivity contribution in [2.45, 2.75) is 6.04 Å². The number of carbonyl (C=O) groups excluding carboxylic acids is 2. The fraction of sp³-hybridized carbons (Fsp3) is 0.316. The van der Waals surface area contributed by atoms with Gasteiger partial charge in [0.2, 0.25) is 5.91 Å². The molecule has 2 aliphatic heterocycles. The third-order valence-corrected chi connectivity index (χ3v) is 4.68. The fourth-order valence-electron chi connectivity index (χ4n) is 3.32. The first kappa shape index (κ1) is 16.5. The summed E-state index contributed by atoms with van der Waals surface area (Å²) in [6, 6.07) is 13.7. The molecule has 7 heteroatoms. The second kappa shape index (κ2) is 7.13. The predicted molar refractivity (Wildman–Crippen MR) is 95.9 cm³/mol. The van der Waals surface area contributed by atoms with E-state index in [-0.39, 0.29) is 31.0 Å². The van der Waals surface area contributed by atoms with Gasteiger partial charge < -0.3 is 15.0 Å². The number of ether oxygens (including phenoxy) is 1. The van der Waals surface area contributed by atoms with Gasteiger partial charge >= 0.3 is 0 Å². The Morgan fingerprint density at radius 3 is 2.92 bits per heavy atom. The summed E-state index contributed by atoms with van der Waals surface area (Å²) in [6.07, 6.45) is 1.59. The van der Waals surface area contributed by atoms with Crippen LogP contribution < -0.4 is 15.0 Å². The number of anilines is 1. The molecule has 26 heavy (non-hydrogen) atoms. The van der Waals surface area contributed by atoms with Crippen LogP contribution in [0.1, 0.15) is 11.6 Å². The topological polar surface area (TPSA) is 74.8 Å². The number of nitrogens with zero attached hydrogens (tertiary/aromatic N) is 3. The Bertz CT molecular complexity index is 811. The molecule has 3 heterocycles. The van der Waals surface area contributed by atoms with E-state index < -0.39 is 0 Å². The second-order valence-electron chi connectivity index (χ2n) is 6.35. The minimum atomic E-state index is -0.251. The lowest BCUT2D eigenvalue weighted by Crippen LogP contribution is -2.52. The summed E-state index contributed by atoms with van der Waals surface area (Å²) in [5.74, 6) is 0.604. The van der Waals surface area contributed by atoms with Crippen molar-refractivity contribution in [2.75, 3.05) is 37.7 Å². The molecule has 1 saturated heterocycles. The van der Waals surface area contributed by atoms with Crippen LogP contribution in [0.2, 0.25) is 0 Å². The molecule has 2 aromatic rings. The van der Waals surface area contributed by atoms with E-state index in [0.29, 0.717) is 24.7 Å². The SMILES string of the molecule is O=C(CN1C(=O)COc2cccnc21)N1CCN[C@@H](c2ccccc2)C1. The molecule has 0 aliphatic carbocycles. The number of fused-ring (bicyclic) bond motifs is 1. The zero-order valence-electron chi connectivity index (χ0n) is 14.3. The van der Waals surface area contributed by atoms with Crippen LogP contribution in [0.5, 0.6) is 5.75 Å². The molecule has 1 aromatic carbocycles. The first-order chi connectivity index (χ1) is 12.7. The first-order valence-electron chi connectivity index (χ1n) is 8.66. The Morgan fingerprint density at radius 1 is 1.23 bits per heavy atom. The molecule has 4 rings (SSSR count). The summed E-state index contributed by atoms with van der Waals surface area (Å²) < 4.78 is 5.38. The lowest BCUT2D eigenvalue weighted by atomic mass is 10.0. The third-order valence-electron chi connectivity index (χ3n) is 4.68. The molecule has 134 valence electrons. The maximum absolute atomic E-state index is 12.8. The largest absolute Gasteiger partial charge is 0.480 e. The highest BCUT2D eigenvalue weighted by molar-refractivity contribution is 6.01. The Balaban J connectivity index is 1.47. The molecule has 2 amide bonds. The van der Waals surface area contributed by atoms with Crippen LogP contribution in [0, 0.1) is 0 Å². The standard InChI is InChI=1S/C19H20N4O3/c24-17(12-23-18(25)13-26-16-7-4-8-21-19(16)23)22-10-9-20-15(11-22)14-5-2-1-3-6-14/h1-8,15,20H,9-13H2/t15-/m1/s1. The molecule has 2 aliphatic rings. The number of aromatic nitrogens is 1. The van der Waals surface area contributed by atoms with E-state index in [0.717, 1.165) is 12.1 Å². The number of hydrogen-bond acceptors (Lipinski definition) is 5. The first-order valence-corrected chi connectivity index (χ1v) is 8.66. The zero-order chi connectivity index (χ0) is 17.9. The zero-order valence-corrected chi connectivity index (χ0v) is 14.3. The molecule has 0 bridgehead atoms. The van der Waals surface area contributed by atoms with Crippen LogP contribution >= 0.6 is 0 Å². The summed E-state index contributed by atoms with van der Waals surface area (Å²) in [5, 5.41) is 3.44. The van der Waals surface area contributed by atoms with Crippen molar-refractivity contribution in [1.82, 2.24) is 15.2 Å². The molecule has 1 N–H and O–H groups in total. The molecule has 1 atom stereocenters. The highest BCUT2D eigenvalue weighted by atomic mass is 16.5. The van der Waals surface area contributed by atoms with E-state index in [1.54, 1.807) is 23.2 Å². The van der Waals surface area contributed by atoms with Crippen molar-refractivity contribution < 1.29 is 14.3 Å². The van der Waals surface area contributed by atoms with Gasteiger partial charge in [-0.2, -0.15) is 0 Å². The van der Waals surface area contributed by atoms with Crippen LogP contribution in [0.3, 0.4) is 0 Å². The van der Waals surface area contributed by atoms with Crippen molar-refractivity contribution in [3.05, 3.63) is 54.2 Å². The predicted octanol–water partition coefficient (Wildman–Crippen LogP) is 0.980. The van der Waals surface area contributed by atoms with Crippen molar-refractivity contribution >= 4 is 17.6 Å². The minimum absolute atomic E-state index is 0.0201. The van der Waals surface area contributed by atoms with Crippen LogP contribution in [0.25, 0.3) is 0 Å². The van der Waals surface area contributed by atoms with E-state index in [4.69, 9.17) is 4.74 Å². The van der Waals surface area contributed by atoms with Crippen LogP contribution in [-0.4, -0.2) is 54.5 Å². The van der Waals surface area contributed by atoms with Crippen molar-refractivity contribution in [2.24, 2.45) is 0 Å². The van der Waals surface area contributed by atoms with Crippen LogP contribution in [0.4, 0.5) is 5.82 Å². The van der Waals surface area contributed by atoms with Gasteiger partial charge in [-0.05, 0) is 17.7 Å². The van der Waals surface area contributed by atoms with Crippen molar-refractivity contribution in [3.8, 4) is 5.75 Å².